The van der Waals surface area contributed by atoms with E-state index in [2.05, 4.69) is 16.9 Å². The van der Waals surface area contributed by atoms with Crippen molar-refractivity contribution in [3.05, 3.63) is 17.0 Å². The molecule has 0 saturated carbocycles. The highest BCUT2D eigenvalue weighted by Crippen LogP contribution is 2.36. The van der Waals surface area contributed by atoms with Gasteiger partial charge >= 0.3 is 0 Å². The Hall–Kier alpha value is -1.25. The zero-order valence-electron chi connectivity index (χ0n) is 10.7. The predicted octanol–water partition coefficient (Wildman–Crippen LogP) is 2.42. The molecule has 3 nitrogen and oxygen atoms in total. The predicted molar refractivity (Wildman–Crippen MR) is 68.2 cm³/mol. The molecule has 0 fully saturated rings. The highest BCUT2D eigenvalue weighted by Gasteiger charge is 2.28. The van der Waals surface area contributed by atoms with E-state index in [1.165, 1.54) is 36.2 Å². The van der Waals surface area contributed by atoms with Gasteiger partial charge in [-0.05, 0) is 44.1 Å². The molecular weight excluding hydrogens is 212 g/mol. The fourth-order valence-corrected chi connectivity index (χ4v) is 3.20. The average molecular weight is 232 g/mol. The maximum atomic E-state index is 12.0. The molecule has 0 radical (unpaired) electrons. The zero-order chi connectivity index (χ0) is 12.0. The van der Waals surface area contributed by atoms with Gasteiger partial charge in [-0.3, -0.25) is 4.79 Å². The van der Waals surface area contributed by atoms with E-state index in [1.807, 2.05) is 6.92 Å². The topological polar surface area (TPSA) is 34.0 Å². The van der Waals surface area contributed by atoms with Crippen molar-refractivity contribution >= 4 is 11.6 Å². The molecule has 2 heterocycles. The number of aromatic nitrogens is 1. The molecular formula is C14H20N2O. The molecule has 3 heteroatoms. The van der Waals surface area contributed by atoms with Crippen LogP contribution in [0, 0.1) is 5.92 Å². The van der Waals surface area contributed by atoms with Crippen LogP contribution in [0.1, 0.15) is 43.1 Å². The smallest absolute Gasteiger partial charge is 0.227 e. The number of carbonyl (C=O) groups is 1. The molecule has 0 spiro atoms. The molecule has 1 aliphatic carbocycles. The Morgan fingerprint density at radius 1 is 1.18 bits per heavy atom. The average Bonchev–Trinajstić information content (AvgIpc) is 2.50. The van der Waals surface area contributed by atoms with Crippen LogP contribution in [0.5, 0.6) is 0 Å². The van der Waals surface area contributed by atoms with Crippen LogP contribution < -0.4 is 5.32 Å². The van der Waals surface area contributed by atoms with Gasteiger partial charge in [0.1, 0.15) is 0 Å². The lowest BCUT2D eigenvalue weighted by molar-refractivity contribution is -0.119. The van der Waals surface area contributed by atoms with Crippen LogP contribution in [0.2, 0.25) is 0 Å². The second kappa shape index (κ2) is 3.90. The lowest BCUT2D eigenvalue weighted by Gasteiger charge is -2.15. The third-order valence-corrected chi connectivity index (χ3v) is 4.35. The number of amides is 1. The van der Waals surface area contributed by atoms with Gasteiger partial charge in [-0.25, -0.2) is 0 Å². The minimum atomic E-state index is 0.140. The van der Waals surface area contributed by atoms with Gasteiger partial charge in [0.15, 0.2) is 0 Å². The molecule has 17 heavy (non-hydrogen) atoms. The molecule has 1 aliphatic heterocycles. The Kier molecular flexibility index (Phi) is 2.49. The summed E-state index contributed by atoms with van der Waals surface area (Å²) in [6.07, 6.45) is 6.84. The van der Waals surface area contributed by atoms with Crippen molar-refractivity contribution < 1.29 is 4.79 Å². The highest BCUT2D eigenvalue weighted by molar-refractivity contribution is 5.94. The molecule has 1 aromatic heterocycles. The Morgan fingerprint density at radius 3 is 2.76 bits per heavy atom. The number of nitrogens with one attached hydrogen (secondary N) is 1. The lowest BCUT2D eigenvalue weighted by atomic mass is 9.96. The maximum Gasteiger partial charge on any atom is 0.227 e. The zero-order valence-corrected chi connectivity index (χ0v) is 10.7. The van der Waals surface area contributed by atoms with E-state index >= 15 is 0 Å². The Labute approximate surface area is 102 Å². The van der Waals surface area contributed by atoms with Crippen molar-refractivity contribution in [2.45, 2.75) is 45.4 Å². The largest absolute Gasteiger partial charge is 0.349 e. The van der Waals surface area contributed by atoms with Crippen molar-refractivity contribution in [1.29, 1.82) is 0 Å². The summed E-state index contributed by atoms with van der Waals surface area (Å²) in [6.45, 7) is 2.02. The molecule has 0 bridgehead atoms. The van der Waals surface area contributed by atoms with E-state index in [1.54, 1.807) is 0 Å². The number of hydrogen-bond donors (Lipinski definition) is 1. The molecule has 1 amide bonds. The summed E-state index contributed by atoms with van der Waals surface area (Å²) < 4.78 is 2.34. The molecule has 0 aromatic carbocycles. The molecule has 1 N–H and O–H groups in total. The first-order valence-electron chi connectivity index (χ1n) is 6.68. The summed E-state index contributed by atoms with van der Waals surface area (Å²) in [5.41, 5.74) is 5.36. The Morgan fingerprint density at radius 2 is 1.94 bits per heavy atom. The Bertz CT molecular complexity index is 473. The van der Waals surface area contributed by atoms with Gasteiger partial charge in [0.05, 0.1) is 5.69 Å². The van der Waals surface area contributed by atoms with Crippen LogP contribution in [0.25, 0.3) is 0 Å². The summed E-state index contributed by atoms with van der Waals surface area (Å²) in [6, 6.07) is 0. The van der Waals surface area contributed by atoms with E-state index in [-0.39, 0.29) is 11.8 Å². The molecule has 2 aliphatic rings. The molecule has 3 rings (SSSR count). The van der Waals surface area contributed by atoms with Gasteiger partial charge in [0.25, 0.3) is 0 Å². The van der Waals surface area contributed by atoms with Crippen LogP contribution in [-0.4, -0.2) is 10.5 Å². The first-order chi connectivity index (χ1) is 8.18. The third kappa shape index (κ3) is 1.60. The number of anilines is 1. The monoisotopic (exact) mass is 232 g/mol. The minimum absolute atomic E-state index is 0.140. The van der Waals surface area contributed by atoms with Gasteiger partial charge in [-0.15, -0.1) is 0 Å². The van der Waals surface area contributed by atoms with Crippen LogP contribution in [0.4, 0.5) is 5.69 Å². The van der Waals surface area contributed by atoms with E-state index in [0.29, 0.717) is 0 Å². The van der Waals surface area contributed by atoms with Crippen LogP contribution in [0.3, 0.4) is 0 Å². The summed E-state index contributed by atoms with van der Waals surface area (Å²) in [7, 11) is 2.16. The first-order valence-corrected chi connectivity index (χ1v) is 6.68. The van der Waals surface area contributed by atoms with Crippen molar-refractivity contribution in [3.8, 4) is 0 Å². The third-order valence-electron chi connectivity index (χ3n) is 4.35. The van der Waals surface area contributed by atoms with Gasteiger partial charge in [-0.1, -0.05) is 6.92 Å². The lowest BCUT2D eigenvalue weighted by Crippen LogP contribution is -2.19. The maximum absolute atomic E-state index is 12.0. The van der Waals surface area contributed by atoms with Gasteiger partial charge in [0.2, 0.25) is 5.91 Å². The van der Waals surface area contributed by atoms with Crippen LogP contribution >= 0.6 is 0 Å². The van der Waals surface area contributed by atoms with Crippen LogP contribution in [-0.2, 0) is 31.1 Å². The van der Waals surface area contributed by atoms with E-state index < -0.39 is 0 Å². The van der Waals surface area contributed by atoms with E-state index in [4.69, 9.17) is 0 Å². The fourth-order valence-electron chi connectivity index (χ4n) is 3.20. The molecule has 0 saturated heterocycles. The number of carbonyl (C=O) groups excluding carboxylic acids is 1. The van der Waals surface area contributed by atoms with Crippen LogP contribution in [0.15, 0.2) is 0 Å². The second-order valence-electron chi connectivity index (χ2n) is 5.44. The highest BCUT2D eigenvalue weighted by atomic mass is 16.1. The van der Waals surface area contributed by atoms with E-state index in [9.17, 15) is 4.79 Å². The van der Waals surface area contributed by atoms with Gasteiger partial charge in [0, 0.05) is 24.4 Å². The minimum Gasteiger partial charge on any atom is -0.349 e. The second-order valence-corrected chi connectivity index (χ2v) is 5.44. The molecule has 92 valence electrons. The van der Waals surface area contributed by atoms with Crippen molar-refractivity contribution in [2.24, 2.45) is 13.0 Å². The number of rotatable bonds is 0. The molecule has 1 aromatic rings. The SMILES string of the molecule is CC1CCc2c(c3c(n2C)CCCC3)NC1=O. The normalized spacial score (nSPS) is 23.6. The molecule has 1 unspecified atom stereocenters. The quantitative estimate of drug-likeness (QED) is 0.732. The summed E-state index contributed by atoms with van der Waals surface area (Å²) in [5, 5.41) is 3.16. The van der Waals surface area contributed by atoms with Crippen molar-refractivity contribution in [3.63, 3.8) is 0 Å². The van der Waals surface area contributed by atoms with Gasteiger partial charge in [-0.2, -0.15) is 0 Å². The summed E-state index contributed by atoms with van der Waals surface area (Å²) in [5.74, 6) is 0.337. The summed E-state index contributed by atoms with van der Waals surface area (Å²) >= 11 is 0. The number of hydrogen-bond acceptors (Lipinski definition) is 1. The summed E-state index contributed by atoms with van der Waals surface area (Å²) in [4.78, 5) is 12.0. The van der Waals surface area contributed by atoms with Gasteiger partial charge < -0.3 is 9.88 Å². The van der Waals surface area contributed by atoms with E-state index in [0.717, 1.165) is 24.9 Å². The fraction of sp³-hybridized carbons (Fsp3) is 0.643. The number of nitrogens with zero attached hydrogens (tertiary/aromatic N) is 1. The number of fused-ring (bicyclic) bond motifs is 3. The van der Waals surface area contributed by atoms with Crippen molar-refractivity contribution in [2.75, 3.05) is 5.32 Å². The first kappa shape index (κ1) is 10.9. The Balaban J connectivity index is 2.10. The van der Waals surface area contributed by atoms with Crippen molar-refractivity contribution in [1.82, 2.24) is 4.57 Å². The molecule has 1 atom stereocenters. The standard InChI is InChI=1S/C14H20N2O/c1-9-7-8-12-13(15-14(9)17)10-5-3-4-6-11(10)16(12)2/h9H,3-8H2,1-2H3,(H,15,17).